The first kappa shape index (κ1) is 25.7. The first-order chi connectivity index (χ1) is 18.6. The highest BCUT2D eigenvalue weighted by Crippen LogP contribution is 2.30. The van der Waals surface area contributed by atoms with Gasteiger partial charge in [-0.1, -0.05) is 12.1 Å². The van der Waals surface area contributed by atoms with Crippen LogP contribution in [0.2, 0.25) is 0 Å². The highest BCUT2D eigenvalue weighted by atomic mass is 16.5. The molecule has 198 valence electrons. The molecular formula is C30H34N4O4. The fourth-order valence-corrected chi connectivity index (χ4v) is 5.05. The van der Waals surface area contributed by atoms with Crippen molar-refractivity contribution in [1.82, 2.24) is 20.5 Å². The fraction of sp³-hybridized carbons (Fsp3) is 0.367. The van der Waals surface area contributed by atoms with E-state index in [0.717, 1.165) is 59.4 Å². The van der Waals surface area contributed by atoms with Crippen LogP contribution in [-0.2, 0) is 12.8 Å². The van der Waals surface area contributed by atoms with E-state index in [-0.39, 0.29) is 17.9 Å². The van der Waals surface area contributed by atoms with Gasteiger partial charge in [0.15, 0.2) is 0 Å². The number of hydrogen-bond acceptors (Lipinski definition) is 6. The van der Waals surface area contributed by atoms with Gasteiger partial charge in [0.25, 0.3) is 11.8 Å². The minimum absolute atomic E-state index is 0.0163. The summed E-state index contributed by atoms with van der Waals surface area (Å²) in [5.74, 6) is 1.48. The van der Waals surface area contributed by atoms with Crippen LogP contribution in [0, 0.1) is 0 Å². The fourth-order valence-electron chi connectivity index (χ4n) is 5.05. The number of amides is 2. The molecule has 1 atom stereocenters. The number of nitrogens with one attached hydrogen (secondary N) is 2. The lowest BCUT2D eigenvalue weighted by atomic mass is 10.0. The Morgan fingerprint density at radius 1 is 1.16 bits per heavy atom. The predicted octanol–water partition coefficient (Wildman–Crippen LogP) is 3.56. The SMILES string of the molecule is CN(CCNC(CCCOc1ccc2c(c1)CCNC2=O)c1ccncc1)C(=O)c1cccc2c1OCC2. The summed E-state index contributed by atoms with van der Waals surface area (Å²) >= 11 is 0. The van der Waals surface area contributed by atoms with E-state index in [1.165, 1.54) is 0 Å². The molecule has 2 amide bonds. The average Bonchev–Trinajstić information content (AvgIpc) is 3.44. The van der Waals surface area contributed by atoms with E-state index in [9.17, 15) is 9.59 Å². The molecule has 2 aliphatic rings. The van der Waals surface area contributed by atoms with Gasteiger partial charge in [0.1, 0.15) is 11.5 Å². The maximum Gasteiger partial charge on any atom is 0.257 e. The Morgan fingerprint density at radius 2 is 2.03 bits per heavy atom. The Hall–Kier alpha value is -3.91. The maximum atomic E-state index is 13.1. The van der Waals surface area contributed by atoms with Crippen LogP contribution in [0.25, 0.3) is 0 Å². The van der Waals surface area contributed by atoms with Crippen molar-refractivity contribution in [3.63, 3.8) is 0 Å². The van der Waals surface area contributed by atoms with Crippen LogP contribution in [0.3, 0.4) is 0 Å². The summed E-state index contributed by atoms with van der Waals surface area (Å²) in [6.45, 7) is 3.09. The molecule has 8 nitrogen and oxygen atoms in total. The molecule has 2 N–H and O–H groups in total. The van der Waals surface area contributed by atoms with Gasteiger partial charge in [-0.15, -0.1) is 0 Å². The van der Waals surface area contributed by atoms with Crippen LogP contribution in [-0.4, -0.2) is 61.6 Å². The number of hydrogen-bond donors (Lipinski definition) is 2. The van der Waals surface area contributed by atoms with Crippen molar-refractivity contribution >= 4 is 11.8 Å². The molecule has 2 aromatic carbocycles. The second kappa shape index (κ2) is 12.1. The Bertz CT molecular complexity index is 1280. The molecule has 1 unspecified atom stereocenters. The van der Waals surface area contributed by atoms with Crippen LogP contribution < -0.4 is 20.1 Å². The van der Waals surface area contributed by atoms with E-state index < -0.39 is 0 Å². The number of pyridine rings is 1. The third-order valence-corrected chi connectivity index (χ3v) is 7.15. The Balaban J connectivity index is 1.13. The Kier molecular flexibility index (Phi) is 8.19. The Morgan fingerprint density at radius 3 is 2.89 bits per heavy atom. The number of fused-ring (bicyclic) bond motifs is 2. The van der Waals surface area contributed by atoms with E-state index in [0.29, 0.717) is 38.4 Å². The molecule has 38 heavy (non-hydrogen) atoms. The van der Waals surface area contributed by atoms with Gasteiger partial charge in [-0.05, 0) is 72.4 Å². The lowest BCUT2D eigenvalue weighted by Crippen LogP contribution is -2.35. The zero-order chi connectivity index (χ0) is 26.3. The van der Waals surface area contributed by atoms with Gasteiger partial charge in [0.05, 0.1) is 18.8 Å². The van der Waals surface area contributed by atoms with Crippen LogP contribution in [0.1, 0.15) is 56.3 Å². The molecule has 5 rings (SSSR count). The van der Waals surface area contributed by atoms with E-state index >= 15 is 0 Å². The molecule has 0 aliphatic carbocycles. The lowest BCUT2D eigenvalue weighted by Gasteiger charge is -2.23. The molecule has 0 saturated heterocycles. The van der Waals surface area contributed by atoms with Gasteiger partial charge in [-0.2, -0.15) is 0 Å². The van der Waals surface area contributed by atoms with E-state index in [4.69, 9.17) is 9.47 Å². The summed E-state index contributed by atoms with van der Waals surface area (Å²) in [5, 5.41) is 6.48. The summed E-state index contributed by atoms with van der Waals surface area (Å²) in [5.41, 5.74) is 4.66. The zero-order valence-electron chi connectivity index (χ0n) is 21.7. The highest BCUT2D eigenvalue weighted by molar-refractivity contribution is 5.97. The van der Waals surface area contributed by atoms with Crippen LogP contribution in [0.5, 0.6) is 11.5 Å². The molecule has 0 saturated carbocycles. The number of carbonyl (C=O) groups is 2. The summed E-state index contributed by atoms with van der Waals surface area (Å²) in [7, 11) is 1.83. The Labute approximate surface area is 223 Å². The van der Waals surface area contributed by atoms with E-state index in [2.05, 4.69) is 15.6 Å². The molecule has 3 heterocycles. The van der Waals surface area contributed by atoms with Crippen molar-refractivity contribution in [2.24, 2.45) is 0 Å². The third kappa shape index (κ3) is 5.97. The van der Waals surface area contributed by atoms with Crippen molar-refractivity contribution < 1.29 is 19.1 Å². The first-order valence-electron chi connectivity index (χ1n) is 13.3. The second-order valence-corrected chi connectivity index (χ2v) is 9.72. The van der Waals surface area contributed by atoms with Crippen molar-refractivity contribution in [3.8, 4) is 11.5 Å². The summed E-state index contributed by atoms with van der Waals surface area (Å²) in [6, 6.07) is 15.6. The van der Waals surface area contributed by atoms with Gasteiger partial charge in [0, 0.05) is 57.1 Å². The molecule has 0 spiro atoms. The number of benzene rings is 2. The van der Waals surface area contributed by atoms with Gasteiger partial charge in [-0.3, -0.25) is 14.6 Å². The largest absolute Gasteiger partial charge is 0.494 e. The zero-order valence-corrected chi connectivity index (χ0v) is 21.7. The minimum atomic E-state index is -0.0260. The normalized spacial score (nSPS) is 14.6. The highest BCUT2D eigenvalue weighted by Gasteiger charge is 2.23. The van der Waals surface area contributed by atoms with E-state index in [1.807, 2.05) is 55.6 Å². The average molecular weight is 515 g/mol. The topological polar surface area (TPSA) is 92.8 Å². The third-order valence-electron chi connectivity index (χ3n) is 7.15. The lowest BCUT2D eigenvalue weighted by molar-refractivity contribution is 0.0791. The molecule has 8 heteroatoms. The predicted molar refractivity (Wildman–Crippen MR) is 145 cm³/mol. The maximum absolute atomic E-state index is 13.1. The number of ether oxygens (including phenoxy) is 2. The molecular weight excluding hydrogens is 480 g/mol. The summed E-state index contributed by atoms with van der Waals surface area (Å²) < 4.78 is 11.7. The molecule has 3 aromatic rings. The smallest absolute Gasteiger partial charge is 0.257 e. The van der Waals surface area contributed by atoms with Crippen LogP contribution >= 0.6 is 0 Å². The molecule has 0 radical (unpaired) electrons. The van der Waals surface area contributed by atoms with Crippen molar-refractivity contribution in [3.05, 3.63) is 88.7 Å². The first-order valence-corrected chi connectivity index (χ1v) is 13.3. The number of likely N-dealkylation sites (N-methyl/N-ethyl adjacent to an activating group) is 1. The summed E-state index contributed by atoms with van der Waals surface area (Å²) in [4.78, 5) is 30.9. The number of para-hydroxylation sites is 1. The number of carbonyl (C=O) groups excluding carboxylic acids is 2. The van der Waals surface area contributed by atoms with Gasteiger partial charge < -0.3 is 25.0 Å². The van der Waals surface area contributed by atoms with Crippen molar-refractivity contribution in [2.45, 2.75) is 31.7 Å². The monoisotopic (exact) mass is 514 g/mol. The molecule has 2 aliphatic heterocycles. The second-order valence-electron chi connectivity index (χ2n) is 9.72. The van der Waals surface area contributed by atoms with Gasteiger partial charge >= 0.3 is 0 Å². The standard InChI is InChI=1S/C30H34N4O4/c1-34(30(36)26-5-2-4-22-12-19-38-28(22)26)17-16-32-27(21-9-13-31-14-10-21)6-3-18-37-24-7-8-25-23(20-24)11-15-33-29(25)35/h2,4-5,7-10,13-14,20,27,32H,3,6,11-12,15-19H2,1H3,(H,33,35). The van der Waals surface area contributed by atoms with Crippen LogP contribution in [0.4, 0.5) is 0 Å². The molecule has 0 fully saturated rings. The van der Waals surface area contributed by atoms with Crippen LogP contribution in [0.15, 0.2) is 60.9 Å². The minimum Gasteiger partial charge on any atom is -0.494 e. The number of aromatic nitrogens is 1. The molecule has 0 bridgehead atoms. The van der Waals surface area contributed by atoms with Crippen molar-refractivity contribution in [1.29, 1.82) is 0 Å². The summed E-state index contributed by atoms with van der Waals surface area (Å²) in [6.07, 6.45) is 6.99. The van der Waals surface area contributed by atoms with E-state index in [1.54, 1.807) is 17.3 Å². The van der Waals surface area contributed by atoms with Gasteiger partial charge in [-0.25, -0.2) is 0 Å². The number of nitrogens with zero attached hydrogens (tertiary/aromatic N) is 2. The van der Waals surface area contributed by atoms with Crippen molar-refractivity contribution in [2.75, 3.05) is 39.9 Å². The quantitative estimate of drug-likeness (QED) is 0.380. The number of rotatable bonds is 11. The van der Waals surface area contributed by atoms with Gasteiger partial charge in [0.2, 0.25) is 0 Å². The molecule has 1 aromatic heterocycles.